The van der Waals surface area contributed by atoms with Gasteiger partial charge in [0, 0.05) is 10.6 Å². The number of benzene rings is 1. The molecular weight excluding hydrogens is 256 g/mol. The van der Waals surface area contributed by atoms with Crippen molar-refractivity contribution in [3.05, 3.63) is 36.4 Å². The first kappa shape index (κ1) is 15.8. The minimum absolute atomic E-state index is 0.0890. The topological polar surface area (TPSA) is 32.3 Å². The number of hydrogen-bond acceptors (Lipinski definition) is 3. The summed E-state index contributed by atoms with van der Waals surface area (Å²) in [5.41, 5.74) is 0.834. The highest BCUT2D eigenvalue weighted by Crippen LogP contribution is 2.21. The summed E-state index contributed by atoms with van der Waals surface area (Å²) in [6.45, 7) is 2.94. The third-order valence-electron chi connectivity index (χ3n) is 2.46. The van der Waals surface area contributed by atoms with Gasteiger partial charge in [-0.2, -0.15) is 0 Å². The molecule has 0 saturated heterocycles. The summed E-state index contributed by atoms with van der Waals surface area (Å²) in [5, 5.41) is 2.81. The first-order chi connectivity index (χ1) is 9.11. The van der Waals surface area contributed by atoms with Crippen LogP contribution in [0, 0.1) is 0 Å². The van der Waals surface area contributed by atoms with E-state index in [9.17, 15) is 4.79 Å². The van der Waals surface area contributed by atoms with E-state index < -0.39 is 0 Å². The SMILES string of the molecule is C/C=C/C(=O)Nc1ccc(SCCCN(C)C)cc1. The van der Waals surface area contributed by atoms with Crippen molar-refractivity contribution in [2.45, 2.75) is 18.2 Å². The van der Waals surface area contributed by atoms with Crippen LogP contribution in [0.4, 0.5) is 5.69 Å². The van der Waals surface area contributed by atoms with Crippen molar-refractivity contribution in [1.82, 2.24) is 4.90 Å². The monoisotopic (exact) mass is 278 g/mol. The Labute approximate surface area is 120 Å². The van der Waals surface area contributed by atoms with E-state index in [0.29, 0.717) is 0 Å². The summed E-state index contributed by atoms with van der Waals surface area (Å²) in [7, 11) is 4.18. The molecule has 104 valence electrons. The molecule has 0 aliphatic carbocycles. The normalized spacial score (nSPS) is 11.2. The van der Waals surface area contributed by atoms with Gasteiger partial charge < -0.3 is 10.2 Å². The molecule has 0 bridgehead atoms. The van der Waals surface area contributed by atoms with Gasteiger partial charge in [0.05, 0.1) is 0 Å². The molecule has 1 rings (SSSR count). The van der Waals surface area contributed by atoms with E-state index in [1.807, 2.05) is 43.0 Å². The highest BCUT2D eigenvalue weighted by molar-refractivity contribution is 7.99. The van der Waals surface area contributed by atoms with Crippen molar-refractivity contribution in [2.75, 3.05) is 31.7 Å². The Morgan fingerprint density at radius 1 is 1.32 bits per heavy atom. The Balaban J connectivity index is 2.37. The molecule has 3 nitrogen and oxygen atoms in total. The summed E-state index contributed by atoms with van der Waals surface area (Å²) in [6.07, 6.45) is 4.42. The predicted octanol–water partition coefficient (Wildman–Crippen LogP) is 3.25. The number of amides is 1. The third-order valence-corrected chi connectivity index (χ3v) is 3.56. The second kappa shape index (κ2) is 8.77. The first-order valence-electron chi connectivity index (χ1n) is 6.43. The van der Waals surface area contributed by atoms with Crippen LogP contribution >= 0.6 is 11.8 Å². The molecule has 1 aromatic rings. The molecule has 0 unspecified atom stereocenters. The van der Waals surface area contributed by atoms with Gasteiger partial charge in [0.15, 0.2) is 0 Å². The number of carbonyl (C=O) groups excluding carboxylic acids is 1. The summed E-state index contributed by atoms with van der Waals surface area (Å²) in [6, 6.07) is 7.97. The molecule has 0 radical (unpaired) electrons. The van der Waals surface area contributed by atoms with Crippen LogP contribution in [0.15, 0.2) is 41.3 Å². The van der Waals surface area contributed by atoms with Crippen LogP contribution in [0.5, 0.6) is 0 Å². The summed E-state index contributed by atoms with van der Waals surface area (Å²) < 4.78 is 0. The molecule has 0 fully saturated rings. The van der Waals surface area contributed by atoms with Gasteiger partial charge in [-0.05, 0) is 70.1 Å². The smallest absolute Gasteiger partial charge is 0.248 e. The van der Waals surface area contributed by atoms with Crippen LogP contribution in [0.2, 0.25) is 0 Å². The molecule has 0 spiro atoms. The van der Waals surface area contributed by atoms with Gasteiger partial charge in [0.2, 0.25) is 5.91 Å². The number of carbonyl (C=O) groups is 1. The van der Waals surface area contributed by atoms with Gasteiger partial charge >= 0.3 is 0 Å². The Morgan fingerprint density at radius 2 is 2.00 bits per heavy atom. The first-order valence-corrected chi connectivity index (χ1v) is 7.41. The molecule has 0 aromatic heterocycles. The maximum Gasteiger partial charge on any atom is 0.248 e. The fourth-order valence-electron chi connectivity index (χ4n) is 1.54. The van der Waals surface area contributed by atoms with E-state index in [0.717, 1.165) is 18.0 Å². The Bertz CT molecular complexity index is 413. The van der Waals surface area contributed by atoms with E-state index in [-0.39, 0.29) is 5.91 Å². The lowest BCUT2D eigenvalue weighted by Gasteiger charge is -2.09. The van der Waals surface area contributed by atoms with Crippen LogP contribution in [-0.2, 0) is 4.79 Å². The largest absolute Gasteiger partial charge is 0.323 e. The minimum atomic E-state index is -0.0890. The number of thioether (sulfide) groups is 1. The molecule has 1 aromatic carbocycles. The van der Waals surface area contributed by atoms with Crippen molar-refractivity contribution in [3.8, 4) is 0 Å². The summed E-state index contributed by atoms with van der Waals surface area (Å²) in [5.74, 6) is 1.02. The lowest BCUT2D eigenvalue weighted by atomic mass is 10.3. The molecule has 0 aliphatic heterocycles. The van der Waals surface area contributed by atoms with Crippen LogP contribution in [0.25, 0.3) is 0 Å². The average molecular weight is 278 g/mol. The summed E-state index contributed by atoms with van der Waals surface area (Å²) >= 11 is 1.85. The molecule has 1 N–H and O–H groups in total. The molecular formula is C15H22N2OS. The van der Waals surface area contributed by atoms with E-state index in [2.05, 4.69) is 24.3 Å². The van der Waals surface area contributed by atoms with Crippen molar-refractivity contribution in [2.24, 2.45) is 0 Å². The number of anilines is 1. The standard InChI is InChI=1S/C15H22N2OS/c1-4-6-15(18)16-13-7-9-14(10-8-13)19-12-5-11-17(2)3/h4,6-10H,5,11-12H2,1-3H3,(H,16,18)/b6-4+. The number of nitrogens with zero attached hydrogens (tertiary/aromatic N) is 1. The number of hydrogen-bond donors (Lipinski definition) is 1. The molecule has 19 heavy (non-hydrogen) atoms. The van der Waals surface area contributed by atoms with E-state index in [1.165, 1.54) is 17.4 Å². The number of rotatable bonds is 7. The van der Waals surface area contributed by atoms with Crippen molar-refractivity contribution < 1.29 is 4.79 Å². The summed E-state index contributed by atoms with van der Waals surface area (Å²) in [4.78, 5) is 14.8. The van der Waals surface area contributed by atoms with E-state index >= 15 is 0 Å². The van der Waals surface area contributed by atoms with Gasteiger partial charge in [-0.3, -0.25) is 4.79 Å². The quantitative estimate of drug-likeness (QED) is 0.472. The Morgan fingerprint density at radius 3 is 2.58 bits per heavy atom. The van der Waals surface area contributed by atoms with Crippen LogP contribution in [0.1, 0.15) is 13.3 Å². The maximum atomic E-state index is 11.4. The molecule has 0 saturated carbocycles. The minimum Gasteiger partial charge on any atom is -0.323 e. The molecule has 1 amide bonds. The zero-order valence-corrected chi connectivity index (χ0v) is 12.7. The fourth-order valence-corrected chi connectivity index (χ4v) is 2.38. The zero-order chi connectivity index (χ0) is 14.1. The van der Waals surface area contributed by atoms with Gasteiger partial charge in [-0.25, -0.2) is 0 Å². The van der Waals surface area contributed by atoms with Crippen LogP contribution in [-0.4, -0.2) is 37.2 Å². The van der Waals surface area contributed by atoms with Gasteiger partial charge in [-0.1, -0.05) is 6.08 Å². The lowest BCUT2D eigenvalue weighted by Crippen LogP contribution is -2.13. The van der Waals surface area contributed by atoms with Crippen molar-refractivity contribution in [3.63, 3.8) is 0 Å². The zero-order valence-electron chi connectivity index (χ0n) is 11.8. The van der Waals surface area contributed by atoms with E-state index in [1.54, 1.807) is 6.08 Å². The number of nitrogens with one attached hydrogen (secondary N) is 1. The average Bonchev–Trinajstić information content (AvgIpc) is 2.36. The lowest BCUT2D eigenvalue weighted by molar-refractivity contribution is -0.111. The third kappa shape index (κ3) is 7.03. The maximum absolute atomic E-state index is 11.4. The van der Waals surface area contributed by atoms with Crippen LogP contribution in [0.3, 0.4) is 0 Å². The second-order valence-electron chi connectivity index (χ2n) is 4.52. The van der Waals surface area contributed by atoms with Gasteiger partial charge in [-0.15, -0.1) is 11.8 Å². The molecule has 4 heteroatoms. The predicted molar refractivity (Wildman–Crippen MR) is 83.8 cm³/mol. The fraction of sp³-hybridized carbons (Fsp3) is 0.400. The Hall–Kier alpha value is -1.26. The van der Waals surface area contributed by atoms with Crippen molar-refractivity contribution >= 4 is 23.4 Å². The second-order valence-corrected chi connectivity index (χ2v) is 5.69. The number of allylic oxidation sites excluding steroid dienone is 1. The highest BCUT2D eigenvalue weighted by Gasteiger charge is 1.99. The van der Waals surface area contributed by atoms with E-state index in [4.69, 9.17) is 0 Å². The van der Waals surface area contributed by atoms with Gasteiger partial charge in [0.25, 0.3) is 0 Å². The van der Waals surface area contributed by atoms with Crippen LogP contribution < -0.4 is 5.32 Å². The molecule has 0 aliphatic rings. The highest BCUT2D eigenvalue weighted by atomic mass is 32.2. The molecule has 0 atom stereocenters. The van der Waals surface area contributed by atoms with Crippen molar-refractivity contribution in [1.29, 1.82) is 0 Å². The van der Waals surface area contributed by atoms with Gasteiger partial charge in [0.1, 0.15) is 0 Å². The molecule has 0 heterocycles. The Kier molecular flexibility index (Phi) is 7.30.